The molecular weight excluding hydrogens is 488 g/mol. The summed E-state index contributed by atoms with van der Waals surface area (Å²) < 4.78 is 7.45. The van der Waals surface area contributed by atoms with E-state index in [4.69, 9.17) is 16.0 Å². The Balaban J connectivity index is 1.33. The number of furan rings is 1. The number of phenols is 1. The maximum absolute atomic E-state index is 13.0. The SMILES string of the molecule is O=Cc1ccc2c(c1O)CCN(C(=O)CSc1nnc(-c3ccc(Cl)cc3)n1Cc1ccco1)C2. The van der Waals surface area contributed by atoms with E-state index >= 15 is 0 Å². The third-order valence-corrected chi connectivity index (χ3v) is 7.13. The Morgan fingerprint density at radius 2 is 2.00 bits per heavy atom. The number of carbonyl (C=O) groups is 2. The van der Waals surface area contributed by atoms with Crippen LogP contribution < -0.4 is 0 Å². The maximum Gasteiger partial charge on any atom is 0.233 e. The topological polar surface area (TPSA) is 101 Å². The summed E-state index contributed by atoms with van der Waals surface area (Å²) in [6.45, 7) is 1.28. The van der Waals surface area contributed by atoms with Crippen molar-refractivity contribution >= 4 is 35.6 Å². The summed E-state index contributed by atoms with van der Waals surface area (Å²) in [6.07, 6.45) is 2.75. The Morgan fingerprint density at radius 1 is 1.17 bits per heavy atom. The minimum Gasteiger partial charge on any atom is -0.507 e. The summed E-state index contributed by atoms with van der Waals surface area (Å²) >= 11 is 7.35. The lowest BCUT2D eigenvalue weighted by Gasteiger charge is -2.29. The number of hydrogen-bond acceptors (Lipinski definition) is 7. The fourth-order valence-corrected chi connectivity index (χ4v) is 5.06. The minimum atomic E-state index is -0.0415. The van der Waals surface area contributed by atoms with Crippen LogP contribution in [0.5, 0.6) is 5.75 Å². The predicted molar refractivity (Wildman–Crippen MR) is 132 cm³/mol. The number of nitrogens with zero attached hydrogens (tertiary/aromatic N) is 4. The molecule has 5 rings (SSSR count). The zero-order valence-corrected chi connectivity index (χ0v) is 20.1. The van der Waals surface area contributed by atoms with Gasteiger partial charge in [0.1, 0.15) is 11.5 Å². The zero-order valence-electron chi connectivity index (χ0n) is 18.6. The summed E-state index contributed by atoms with van der Waals surface area (Å²) in [5.41, 5.74) is 2.71. The molecule has 0 aliphatic carbocycles. The Morgan fingerprint density at radius 3 is 2.74 bits per heavy atom. The first-order valence-corrected chi connectivity index (χ1v) is 12.3. The lowest BCUT2D eigenvalue weighted by atomic mass is 9.96. The highest BCUT2D eigenvalue weighted by atomic mass is 35.5. The van der Waals surface area contributed by atoms with Crippen molar-refractivity contribution in [2.75, 3.05) is 12.3 Å². The average molecular weight is 509 g/mol. The highest BCUT2D eigenvalue weighted by Crippen LogP contribution is 2.31. The van der Waals surface area contributed by atoms with Crippen molar-refractivity contribution in [2.45, 2.75) is 24.7 Å². The highest BCUT2D eigenvalue weighted by molar-refractivity contribution is 7.99. The van der Waals surface area contributed by atoms with Crippen LogP contribution in [0.3, 0.4) is 0 Å². The Kier molecular flexibility index (Phi) is 6.61. The third kappa shape index (κ3) is 4.82. The molecule has 0 unspecified atom stereocenters. The van der Waals surface area contributed by atoms with E-state index in [2.05, 4.69) is 10.2 Å². The predicted octanol–water partition coefficient (Wildman–Crippen LogP) is 4.43. The molecular formula is C25H21ClN4O4S. The number of halogens is 1. The van der Waals surface area contributed by atoms with E-state index in [1.165, 1.54) is 11.8 Å². The van der Waals surface area contributed by atoms with E-state index in [1.54, 1.807) is 35.4 Å². The number of aromatic nitrogens is 3. The van der Waals surface area contributed by atoms with E-state index in [-0.39, 0.29) is 23.0 Å². The van der Waals surface area contributed by atoms with Crippen molar-refractivity contribution in [3.8, 4) is 17.1 Å². The van der Waals surface area contributed by atoms with Crippen LogP contribution in [0.15, 0.2) is 64.4 Å². The second-order valence-corrected chi connectivity index (χ2v) is 9.47. The van der Waals surface area contributed by atoms with Gasteiger partial charge in [0, 0.05) is 29.2 Å². The number of aldehydes is 1. The number of thioether (sulfide) groups is 1. The summed E-state index contributed by atoms with van der Waals surface area (Å²) in [4.78, 5) is 25.9. The second-order valence-electron chi connectivity index (χ2n) is 8.09. The van der Waals surface area contributed by atoms with E-state index in [0.29, 0.717) is 48.3 Å². The largest absolute Gasteiger partial charge is 0.507 e. The zero-order chi connectivity index (χ0) is 24.4. The molecule has 0 spiro atoms. The van der Waals surface area contributed by atoms with Gasteiger partial charge in [-0.1, -0.05) is 29.4 Å². The highest BCUT2D eigenvalue weighted by Gasteiger charge is 2.25. The average Bonchev–Trinajstić information content (AvgIpc) is 3.53. The maximum atomic E-state index is 13.0. The standard InChI is InChI=1S/C25H21ClN4O4S/c26-19-7-5-16(6-8-19)24-27-28-25(30(24)13-20-2-1-11-34-20)35-15-22(32)29-10-9-21-17(12-29)3-4-18(14-31)23(21)33/h1-8,11,14,33H,9-10,12-13,15H2. The van der Waals surface area contributed by atoms with E-state index < -0.39 is 0 Å². The van der Waals surface area contributed by atoms with Crippen LogP contribution >= 0.6 is 23.4 Å². The van der Waals surface area contributed by atoms with Crippen molar-refractivity contribution in [1.82, 2.24) is 19.7 Å². The van der Waals surface area contributed by atoms with Gasteiger partial charge in [0.05, 0.1) is 24.1 Å². The van der Waals surface area contributed by atoms with Gasteiger partial charge in [-0.05, 0) is 54.4 Å². The Bertz CT molecular complexity index is 1370. The number of fused-ring (bicyclic) bond motifs is 1. The fraction of sp³-hybridized carbons (Fsp3) is 0.200. The van der Waals surface area contributed by atoms with Crippen molar-refractivity contribution in [3.63, 3.8) is 0 Å². The molecule has 2 aromatic carbocycles. The van der Waals surface area contributed by atoms with Gasteiger partial charge in [0.25, 0.3) is 0 Å². The second kappa shape index (κ2) is 9.97. The molecule has 0 atom stereocenters. The molecule has 35 heavy (non-hydrogen) atoms. The summed E-state index contributed by atoms with van der Waals surface area (Å²) in [5, 5.41) is 20.2. The molecule has 0 saturated heterocycles. The monoisotopic (exact) mass is 508 g/mol. The molecule has 0 fully saturated rings. The van der Waals surface area contributed by atoms with E-state index in [9.17, 15) is 14.7 Å². The van der Waals surface area contributed by atoms with Crippen molar-refractivity contribution < 1.29 is 19.1 Å². The Labute approximate surface area is 210 Å². The number of amides is 1. The molecule has 8 nitrogen and oxygen atoms in total. The van der Waals surface area contributed by atoms with Gasteiger partial charge in [-0.2, -0.15) is 0 Å². The van der Waals surface area contributed by atoms with Gasteiger partial charge in [0.2, 0.25) is 5.91 Å². The van der Waals surface area contributed by atoms with Crippen LogP contribution in [0.25, 0.3) is 11.4 Å². The van der Waals surface area contributed by atoms with E-state index in [0.717, 1.165) is 22.5 Å². The molecule has 0 radical (unpaired) electrons. The van der Waals surface area contributed by atoms with Gasteiger partial charge in [-0.3, -0.25) is 14.2 Å². The van der Waals surface area contributed by atoms with Gasteiger partial charge in [-0.15, -0.1) is 10.2 Å². The lowest BCUT2D eigenvalue weighted by molar-refractivity contribution is -0.129. The molecule has 10 heteroatoms. The van der Waals surface area contributed by atoms with Crippen molar-refractivity contribution in [1.29, 1.82) is 0 Å². The number of benzene rings is 2. The molecule has 178 valence electrons. The Hall–Kier alpha value is -3.56. The lowest BCUT2D eigenvalue weighted by Crippen LogP contribution is -2.37. The van der Waals surface area contributed by atoms with Gasteiger partial charge in [0.15, 0.2) is 17.3 Å². The van der Waals surface area contributed by atoms with Crippen LogP contribution in [0.1, 0.15) is 27.2 Å². The summed E-state index contributed by atoms with van der Waals surface area (Å²) in [5.74, 6) is 1.56. The normalized spacial score (nSPS) is 13.0. The van der Waals surface area contributed by atoms with Crippen LogP contribution in [-0.2, 0) is 24.3 Å². The van der Waals surface area contributed by atoms with Crippen molar-refractivity contribution in [2.24, 2.45) is 0 Å². The van der Waals surface area contributed by atoms with Gasteiger partial charge < -0.3 is 14.4 Å². The van der Waals surface area contributed by atoms with Crippen molar-refractivity contribution in [3.05, 3.63) is 82.3 Å². The molecule has 1 N–H and O–H groups in total. The van der Waals surface area contributed by atoms with Crippen LogP contribution in [-0.4, -0.2) is 49.3 Å². The summed E-state index contributed by atoms with van der Waals surface area (Å²) in [6, 6.07) is 14.4. The first-order chi connectivity index (χ1) is 17.0. The number of phenolic OH excluding ortho intramolecular Hbond substituents is 1. The number of aromatic hydroxyl groups is 1. The molecule has 3 heterocycles. The number of hydrogen-bond donors (Lipinski definition) is 1. The van der Waals surface area contributed by atoms with E-state index in [1.807, 2.05) is 28.8 Å². The molecule has 0 bridgehead atoms. The third-order valence-electron chi connectivity index (χ3n) is 5.92. The van der Waals surface area contributed by atoms with Crippen LogP contribution in [0.4, 0.5) is 0 Å². The molecule has 0 saturated carbocycles. The first-order valence-electron chi connectivity index (χ1n) is 10.9. The number of rotatable bonds is 7. The quantitative estimate of drug-likeness (QED) is 0.291. The molecule has 1 aliphatic heterocycles. The van der Waals surface area contributed by atoms with Crippen LogP contribution in [0, 0.1) is 0 Å². The first kappa shape index (κ1) is 23.2. The molecule has 1 aliphatic rings. The van der Waals surface area contributed by atoms with Gasteiger partial charge >= 0.3 is 0 Å². The molecule has 4 aromatic rings. The van der Waals surface area contributed by atoms with Gasteiger partial charge in [-0.25, -0.2) is 0 Å². The summed E-state index contributed by atoms with van der Waals surface area (Å²) in [7, 11) is 0. The smallest absolute Gasteiger partial charge is 0.233 e. The molecule has 2 aromatic heterocycles. The minimum absolute atomic E-state index is 0.0136. The molecule has 1 amide bonds. The fourth-order valence-electron chi connectivity index (χ4n) is 4.09. The van der Waals surface area contributed by atoms with Crippen LogP contribution in [0.2, 0.25) is 5.02 Å². The number of carbonyl (C=O) groups excluding carboxylic acids is 2.